The zero-order valence-corrected chi connectivity index (χ0v) is 38.2. The van der Waals surface area contributed by atoms with Crippen molar-refractivity contribution in [3.63, 3.8) is 0 Å². The van der Waals surface area contributed by atoms with E-state index in [1.807, 2.05) is 168 Å². The van der Waals surface area contributed by atoms with Crippen LogP contribution in [0.4, 0.5) is 0 Å². The van der Waals surface area contributed by atoms with Crippen molar-refractivity contribution in [2.45, 2.75) is 83.1 Å². The summed E-state index contributed by atoms with van der Waals surface area (Å²) in [5.41, 5.74) is 16.9. The van der Waals surface area contributed by atoms with E-state index in [-0.39, 0.29) is 48.1 Å². The van der Waals surface area contributed by atoms with E-state index in [1.165, 1.54) is 0 Å². The van der Waals surface area contributed by atoms with E-state index in [4.69, 9.17) is 4.12 Å². The molecule has 6 aromatic rings. The number of aryl methyl sites for hydroxylation is 12. The van der Waals surface area contributed by atoms with E-state index in [0.29, 0.717) is 22.3 Å². The minimum atomic E-state index is -5.54. The van der Waals surface area contributed by atoms with Gasteiger partial charge in [-0.1, -0.05) is 107 Å². The van der Waals surface area contributed by atoms with Crippen LogP contribution in [-0.4, -0.2) is 27.2 Å². The van der Waals surface area contributed by atoms with Crippen molar-refractivity contribution in [1.82, 2.24) is 0 Å². The number of benzene rings is 6. The Morgan fingerprint density at radius 2 is 0.544 bits per heavy atom. The SMILES string of the molecule is Cc1cc(C)c(-c2cccc(-c3c(C)cc(C)cc3C)c2[Si]([O-])(O)O[Si]([O-])(O)c2c(-c3c(C)cc(C)cc3C)cccc2-c2c(C)cc(C)cc2C)c(C)c1.[Li+].[Li+]. The molecule has 0 aliphatic heterocycles. The minimum absolute atomic E-state index is 0. The van der Waals surface area contributed by atoms with Gasteiger partial charge in [-0.05, 0) is 182 Å². The van der Waals surface area contributed by atoms with Crippen LogP contribution in [0.3, 0.4) is 0 Å². The van der Waals surface area contributed by atoms with Crippen LogP contribution in [0.15, 0.2) is 84.9 Å². The third kappa shape index (κ3) is 9.02. The van der Waals surface area contributed by atoms with E-state index in [9.17, 15) is 9.59 Å². The van der Waals surface area contributed by atoms with Crippen LogP contribution in [0.5, 0.6) is 0 Å². The predicted molar refractivity (Wildman–Crippen MR) is 228 cm³/mol. The van der Waals surface area contributed by atoms with Crippen LogP contribution < -0.4 is 57.7 Å². The van der Waals surface area contributed by atoms with E-state index < -0.39 is 17.6 Å². The van der Waals surface area contributed by atoms with E-state index in [2.05, 4.69) is 0 Å². The van der Waals surface area contributed by atoms with Crippen LogP contribution in [0.25, 0.3) is 44.5 Å². The maximum atomic E-state index is 15.5. The summed E-state index contributed by atoms with van der Waals surface area (Å²) in [4.78, 5) is 56.1. The standard InChI is InChI=1S/C48H52O5Si2.2Li/c1-27-19-31(5)43(32(6)20-27)39-15-13-16-40(44-33(7)21-28(2)22-34(44)8)47(39)54(49,50)53-55(51,52)48-41(45-35(9)23-29(3)24-36(45)10)17-14-18-42(48)46-37(11)25-30(4)26-38(46)12;;/h13-26,49,51H,1-12H3;;/q-2;2*+1. The molecule has 6 rings (SSSR count). The first-order valence-corrected chi connectivity index (χ1v) is 22.4. The van der Waals surface area contributed by atoms with Gasteiger partial charge in [0.2, 0.25) is 0 Å². The second-order valence-corrected chi connectivity index (χ2v) is 20.0. The Bertz CT molecular complexity index is 2090. The number of rotatable bonds is 8. The van der Waals surface area contributed by atoms with E-state index in [0.717, 1.165) is 89.0 Å². The Morgan fingerprint density at radius 3 is 0.719 bits per heavy atom. The summed E-state index contributed by atoms with van der Waals surface area (Å²) in [5, 5.41) is 0.0672. The third-order valence-electron chi connectivity index (χ3n) is 10.8. The summed E-state index contributed by atoms with van der Waals surface area (Å²) in [7, 11) is -11.1. The fourth-order valence-electron chi connectivity index (χ4n) is 9.33. The summed E-state index contributed by atoms with van der Waals surface area (Å²) in [6.07, 6.45) is 0. The Labute approximate surface area is 365 Å². The van der Waals surface area contributed by atoms with Gasteiger partial charge >= 0.3 is 37.7 Å². The summed E-state index contributed by atoms with van der Waals surface area (Å²) in [5.74, 6) is 0. The second kappa shape index (κ2) is 17.5. The Morgan fingerprint density at radius 1 is 0.368 bits per heavy atom. The molecule has 0 aliphatic carbocycles. The molecule has 5 nitrogen and oxygen atoms in total. The van der Waals surface area contributed by atoms with Gasteiger partial charge in [-0.3, -0.25) is 0 Å². The van der Waals surface area contributed by atoms with Crippen molar-refractivity contribution in [3.05, 3.63) is 152 Å². The van der Waals surface area contributed by atoms with Crippen molar-refractivity contribution in [1.29, 1.82) is 0 Å². The largest absolute Gasteiger partial charge is 1.00 e. The molecule has 0 radical (unpaired) electrons. The first-order chi connectivity index (χ1) is 25.7. The van der Waals surface area contributed by atoms with E-state index >= 15 is 9.59 Å². The molecule has 2 unspecified atom stereocenters. The molecule has 0 heterocycles. The van der Waals surface area contributed by atoms with Gasteiger partial charge in [0.15, 0.2) is 0 Å². The van der Waals surface area contributed by atoms with Crippen LogP contribution in [0.2, 0.25) is 0 Å². The molecule has 0 aliphatic rings. The molecule has 0 spiro atoms. The first-order valence-electron chi connectivity index (χ1n) is 18.9. The molecule has 0 saturated heterocycles. The summed E-state index contributed by atoms with van der Waals surface area (Å²) in [6, 6.07) is 27.5. The molecule has 0 bridgehead atoms. The molecule has 2 N–H and O–H groups in total. The molecular weight excluding hydrogens is 727 g/mol. The molecule has 0 saturated carbocycles. The maximum Gasteiger partial charge on any atom is 1.00 e. The monoisotopic (exact) mass is 778 g/mol. The second-order valence-electron chi connectivity index (χ2n) is 15.8. The van der Waals surface area contributed by atoms with Crippen LogP contribution >= 0.6 is 0 Å². The van der Waals surface area contributed by atoms with Crippen molar-refractivity contribution in [2.75, 3.05) is 0 Å². The van der Waals surface area contributed by atoms with Crippen molar-refractivity contribution < 1.29 is 61.0 Å². The fourth-order valence-corrected chi connectivity index (χ4v) is 13.8. The van der Waals surface area contributed by atoms with Gasteiger partial charge in [0, 0.05) is 0 Å². The number of hydrogen-bond donors (Lipinski definition) is 2. The van der Waals surface area contributed by atoms with E-state index in [1.54, 1.807) is 0 Å². The zero-order valence-electron chi connectivity index (χ0n) is 36.2. The smallest absolute Gasteiger partial charge is 0.814 e. The van der Waals surface area contributed by atoms with Gasteiger partial charge in [-0.25, -0.2) is 0 Å². The number of hydrogen-bond acceptors (Lipinski definition) is 5. The fraction of sp³-hybridized carbons (Fsp3) is 0.250. The average Bonchev–Trinajstić information content (AvgIpc) is 3.02. The normalized spacial score (nSPS) is 13.3. The Hall–Kier alpha value is -3.25. The quantitative estimate of drug-likeness (QED) is 0.230. The molecule has 57 heavy (non-hydrogen) atoms. The van der Waals surface area contributed by atoms with Gasteiger partial charge < -0.3 is 23.3 Å². The molecule has 6 aromatic carbocycles. The van der Waals surface area contributed by atoms with Gasteiger partial charge in [-0.15, -0.1) is 0 Å². The zero-order chi connectivity index (χ0) is 40.3. The Kier molecular flexibility index (Phi) is 14.3. The summed E-state index contributed by atoms with van der Waals surface area (Å²) >= 11 is 0. The van der Waals surface area contributed by atoms with Crippen LogP contribution in [0.1, 0.15) is 66.8 Å². The van der Waals surface area contributed by atoms with Crippen LogP contribution in [0, 0.1) is 83.1 Å². The molecular formula is C48H52Li2O5Si2. The van der Waals surface area contributed by atoms with Gasteiger partial charge in [-0.2, -0.15) is 0 Å². The molecule has 0 aromatic heterocycles. The summed E-state index contributed by atoms with van der Waals surface area (Å²) in [6.45, 7) is 24.0. The van der Waals surface area contributed by atoms with Gasteiger partial charge in [0.05, 0.1) is 0 Å². The molecule has 2 atom stereocenters. The van der Waals surface area contributed by atoms with Crippen molar-refractivity contribution in [3.8, 4) is 44.5 Å². The van der Waals surface area contributed by atoms with Crippen molar-refractivity contribution >= 4 is 28.0 Å². The van der Waals surface area contributed by atoms with Gasteiger partial charge in [0.25, 0.3) is 17.6 Å². The van der Waals surface area contributed by atoms with Crippen molar-refractivity contribution in [2.24, 2.45) is 0 Å². The average molecular weight is 779 g/mol. The third-order valence-corrected chi connectivity index (χ3v) is 15.4. The predicted octanol–water partition coefficient (Wildman–Crippen LogP) is 1.78. The molecule has 9 heteroatoms. The minimum Gasteiger partial charge on any atom is -0.814 e. The van der Waals surface area contributed by atoms with Crippen LogP contribution in [-0.2, 0) is 4.12 Å². The maximum absolute atomic E-state index is 15.5. The summed E-state index contributed by atoms with van der Waals surface area (Å²) < 4.78 is 6.14. The molecule has 0 amide bonds. The molecule has 0 fully saturated rings. The molecule has 284 valence electrons. The topological polar surface area (TPSA) is 95.8 Å². The van der Waals surface area contributed by atoms with Gasteiger partial charge in [0.1, 0.15) is 0 Å². The Balaban J connectivity index is 0.00000360. The first kappa shape index (κ1) is 46.4.